The van der Waals surface area contributed by atoms with Gasteiger partial charge in [0.15, 0.2) is 11.5 Å². The van der Waals surface area contributed by atoms with Crippen molar-refractivity contribution in [2.24, 2.45) is 5.73 Å². The Morgan fingerprint density at radius 3 is 2.58 bits per heavy atom. The van der Waals surface area contributed by atoms with Gasteiger partial charge in [-0.2, -0.15) is 4.98 Å². The molecule has 1 unspecified atom stereocenters. The average Bonchev–Trinajstić information content (AvgIpc) is 3.39. The summed E-state index contributed by atoms with van der Waals surface area (Å²) in [6.07, 6.45) is 5.13. The van der Waals surface area contributed by atoms with Gasteiger partial charge in [0.2, 0.25) is 5.95 Å². The number of nitrogens with one attached hydrogen (secondary N) is 2. The number of aromatic nitrogens is 3. The molecule has 124 valence electrons. The van der Waals surface area contributed by atoms with Crippen LogP contribution in [0.3, 0.4) is 0 Å². The van der Waals surface area contributed by atoms with E-state index in [1.807, 2.05) is 0 Å². The fourth-order valence-corrected chi connectivity index (χ4v) is 3.08. The molecule has 0 bridgehead atoms. The highest BCUT2D eigenvalue weighted by Crippen LogP contribution is 2.26. The summed E-state index contributed by atoms with van der Waals surface area (Å²) in [4.78, 5) is 15.9. The van der Waals surface area contributed by atoms with E-state index in [0.717, 1.165) is 32.1 Å². The van der Waals surface area contributed by atoms with Crippen LogP contribution < -0.4 is 16.4 Å². The molecular formula is C17H20N6O. The van der Waals surface area contributed by atoms with Crippen molar-refractivity contribution in [1.82, 2.24) is 15.2 Å². The van der Waals surface area contributed by atoms with Crippen molar-refractivity contribution < 1.29 is 4.79 Å². The molecule has 7 nitrogen and oxygen atoms in total. The van der Waals surface area contributed by atoms with E-state index >= 15 is 0 Å². The summed E-state index contributed by atoms with van der Waals surface area (Å²) in [6.45, 7) is 0. The minimum absolute atomic E-state index is 0.0986. The van der Waals surface area contributed by atoms with Crippen LogP contribution in [0.5, 0.6) is 0 Å². The van der Waals surface area contributed by atoms with Crippen LogP contribution >= 0.6 is 0 Å². The van der Waals surface area contributed by atoms with Crippen LogP contribution in [-0.2, 0) is 12.8 Å². The Morgan fingerprint density at radius 1 is 1.04 bits per heavy atom. The number of anilines is 2. The van der Waals surface area contributed by atoms with Crippen molar-refractivity contribution in [3.63, 3.8) is 0 Å². The van der Waals surface area contributed by atoms with Gasteiger partial charge in [-0.15, -0.1) is 10.2 Å². The normalized spacial score (nSPS) is 19.4. The first-order valence-electron chi connectivity index (χ1n) is 8.33. The zero-order chi connectivity index (χ0) is 16.5. The lowest BCUT2D eigenvalue weighted by Crippen LogP contribution is -2.29. The largest absolute Gasteiger partial charge is 0.365 e. The van der Waals surface area contributed by atoms with Gasteiger partial charge in [-0.3, -0.25) is 4.79 Å². The molecule has 1 fully saturated rings. The third kappa shape index (κ3) is 3.15. The van der Waals surface area contributed by atoms with Gasteiger partial charge >= 0.3 is 0 Å². The lowest BCUT2D eigenvalue weighted by Gasteiger charge is -2.25. The number of fused-ring (bicyclic) bond motifs is 1. The Morgan fingerprint density at radius 2 is 1.83 bits per heavy atom. The number of amides is 1. The molecule has 0 radical (unpaired) electrons. The van der Waals surface area contributed by atoms with E-state index < -0.39 is 5.91 Å². The second-order valence-electron chi connectivity index (χ2n) is 6.47. The van der Waals surface area contributed by atoms with Gasteiger partial charge in [-0.05, 0) is 43.2 Å². The number of primary amides is 1. The number of nitrogens with zero attached hydrogens (tertiary/aromatic N) is 3. The molecule has 1 aromatic heterocycles. The fraction of sp³-hybridized carbons (Fsp3) is 0.412. The molecule has 2 aliphatic rings. The van der Waals surface area contributed by atoms with Crippen LogP contribution in [0, 0.1) is 0 Å². The Bertz CT molecular complexity index is 773. The molecule has 0 saturated heterocycles. The summed E-state index contributed by atoms with van der Waals surface area (Å²) in [5, 5.41) is 14.5. The fourth-order valence-electron chi connectivity index (χ4n) is 3.08. The minimum atomic E-state index is -0.615. The molecule has 4 rings (SSSR count). The number of carbonyl (C=O) groups excluding carboxylic acids is 1. The van der Waals surface area contributed by atoms with Crippen molar-refractivity contribution in [2.75, 3.05) is 10.6 Å². The van der Waals surface area contributed by atoms with Gasteiger partial charge in [0.05, 0.1) is 0 Å². The molecule has 24 heavy (non-hydrogen) atoms. The standard InChI is InChI=1S/C17H20N6O/c18-15(24)14-16(19-12-7-8-12)21-17(23-22-14)20-13-6-5-10-3-1-2-4-11(10)9-13/h1-4,12-13H,5-9H2,(H2,18,24)(H2,19,20,21,23). The highest BCUT2D eigenvalue weighted by molar-refractivity contribution is 5.95. The molecule has 2 aromatic rings. The number of benzene rings is 1. The van der Waals surface area contributed by atoms with Crippen LogP contribution in [0.4, 0.5) is 11.8 Å². The topological polar surface area (TPSA) is 106 Å². The zero-order valence-corrected chi connectivity index (χ0v) is 13.3. The van der Waals surface area contributed by atoms with Crippen molar-refractivity contribution in [1.29, 1.82) is 0 Å². The van der Waals surface area contributed by atoms with Gasteiger partial charge < -0.3 is 16.4 Å². The summed E-state index contributed by atoms with van der Waals surface area (Å²) in [5.74, 6) is 0.252. The van der Waals surface area contributed by atoms with Crippen molar-refractivity contribution in [2.45, 2.75) is 44.2 Å². The molecule has 1 saturated carbocycles. The molecular weight excluding hydrogens is 304 g/mol. The Balaban J connectivity index is 1.51. The van der Waals surface area contributed by atoms with Gasteiger partial charge in [0.1, 0.15) is 0 Å². The second kappa shape index (κ2) is 6.07. The molecule has 1 amide bonds. The molecule has 0 aliphatic heterocycles. The van der Waals surface area contributed by atoms with E-state index in [4.69, 9.17) is 5.73 Å². The predicted molar refractivity (Wildman–Crippen MR) is 90.9 cm³/mol. The smallest absolute Gasteiger partial charge is 0.273 e. The summed E-state index contributed by atoms with van der Waals surface area (Å²) < 4.78 is 0. The molecule has 4 N–H and O–H groups in total. The number of rotatable bonds is 5. The summed E-state index contributed by atoms with van der Waals surface area (Å²) in [7, 11) is 0. The molecule has 1 aromatic carbocycles. The summed E-state index contributed by atoms with van der Waals surface area (Å²) >= 11 is 0. The van der Waals surface area contributed by atoms with Crippen LogP contribution in [0.2, 0.25) is 0 Å². The molecule has 1 atom stereocenters. The number of carbonyl (C=O) groups is 1. The van der Waals surface area contributed by atoms with Gasteiger partial charge in [-0.1, -0.05) is 24.3 Å². The summed E-state index contributed by atoms with van der Waals surface area (Å²) in [5.41, 5.74) is 8.23. The molecule has 1 heterocycles. The monoisotopic (exact) mass is 324 g/mol. The van der Waals surface area contributed by atoms with Gasteiger partial charge in [0.25, 0.3) is 5.91 Å². The number of aryl methyl sites for hydroxylation is 1. The number of hydrogen-bond donors (Lipinski definition) is 3. The number of hydrogen-bond acceptors (Lipinski definition) is 6. The van der Waals surface area contributed by atoms with Crippen molar-refractivity contribution in [3.05, 3.63) is 41.1 Å². The van der Waals surface area contributed by atoms with Crippen LogP contribution in [0.1, 0.15) is 40.9 Å². The second-order valence-corrected chi connectivity index (χ2v) is 6.47. The number of nitrogens with two attached hydrogens (primary N) is 1. The Hall–Kier alpha value is -2.70. The Kier molecular flexibility index (Phi) is 3.76. The van der Waals surface area contributed by atoms with E-state index in [0.29, 0.717) is 17.8 Å². The van der Waals surface area contributed by atoms with Crippen molar-refractivity contribution >= 4 is 17.7 Å². The van der Waals surface area contributed by atoms with Crippen molar-refractivity contribution in [3.8, 4) is 0 Å². The lowest BCUT2D eigenvalue weighted by molar-refractivity contribution is 0.0995. The average molecular weight is 324 g/mol. The maximum absolute atomic E-state index is 11.5. The van der Waals surface area contributed by atoms with E-state index in [9.17, 15) is 4.79 Å². The SMILES string of the molecule is NC(=O)c1nnc(NC2CCc3ccccc3C2)nc1NC1CC1. The third-order valence-electron chi connectivity index (χ3n) is 4.52. The summed E-state index contributed by atoms with van der Waals surface area (Å²) in [6, 6.07) is 9.11. The Labute approximate surface area is 140 Å². The van der Waals surface area contributed by atoms with E-state index in [-0.39, 0.29) is 11.7 Å². The van der Waals surface area contributed by atoms with E-state index in [1.165, 1.54) is 11.1 Å². The molecule has 2 aliphatic carbocycles. The van der Waals surface area contributed by atoms with Crippen LogP contribution in [0.25, 0.3) is 0 Å². The van der Waals surface area contributed by atoms with Gasteiger partial charge in [0, 0.05) is 12.1 Å². The maximum atomic E-state index is 11.5. The quantitative estimate of drug-likeness (QED) is 0.770. The first kappa shape index (κ1) is 14.9. The maximum Gasteiger partial charge on any atom is 0.273 e. The lowest BCUT2D eigenvalue weighted by atomic mass is 9.88. The highest BCUT2D eigenvalue weighted by atomic mass is 16.1. The van der Waals surface area contributed by atoms with Crippen LogP contribution in [-0.4, -0.2) is 33.2 Å². The molecule has 7 heteroatoms. The van der Waals surface area contributed by atoms with Crippen LogP contribution in [0.15, 0.2) is 24.3 Å². The van der Waals surface area contributed by atoms with Gasteiger partial charge in [-0.25, -0.2) is 0 Å². The van der Waals surface area contributed by atoms with E-state index in [1.54, 1.807) is 0 Å². The minimum Gasteiger partial charge on any atom is -0.365 e. The zero-order valence-electron chi connectivity index (χ0n) is 13.3. The first-order chi connectivity index (χ1) is 11.7. The first-order valence-corrected chi connectivity index (χ1v) is 8.33. The van der Waals surface area contributed by atoms with E-state index in [2.05, 4.69) is 50.1 Å². The molecule has 0 spiro atoms. The third-order valence-corrected chi connectivity index (χ3v) is 4.52. The predicted octanol–water partition coefficient (Wildman–Crippen LogP) is 1.51. The highest BCUT2D eigenvalue weighted by Gasteiger charge is 2.26.